The molecule has 14 heavy (non-hydrogen) atoms. The normalized spacial score (nSPS) is 10.5. The number of unbranched alkanes of at least 4 members (excludes halogenated alkanes) is 1. The molecule has 0 atom stereocenters. The summed E-state index contributed by atoms with van der Waals surface area (Å²) in [7, 11) is 0. The molecule has 0 aliphatic carbocycles. The predicted octanol–water partition coefficient (Wildman–Crippen LogP) is 0.929. The van der Waals surface area contributed by atoms with Crippen LogP contribution in [0.5, 0.6) is 0 Å². The minimum atomic E-state index is 0.0102. The second-order valence-electron chi connectivity index (χ2n) is 3.07. The monoisotopic (exact) mass is 308 g/mol. The maximum absolute atomic E-state index is 11.6. The molecule has 1 N–H and O–H groups in total. The Hall–Kier alpha value is -0.430. The Morgan fingerprint density at radius 2 is 2.29 bits per heavy atom. The molecule has 78 valence electrons. The quantitative estimate of drug-likeness (QED) is 0.665. The van der Waals surface area contributed by atoms with Gasteiger partial charge in [0.15, 0.2) is 0 Å². The molecule has 1 aromatic heterocycles. The number of aliphatic hydroxyl groups is 1. The highest BCUT2D eigenvalue weighted by Crippen LogP contribution is 2.01. The summed E-state index contributed by atoms with van der Waals surface area (Å²) < 4.78 is 2.26. The molecule has 0 amide bonds. The van der Waals surface area contributed by atoms with Crippen LogP contribution in [0.2, 0.25) is 0 Å². The molecule has 4 nitrogen and oxygen atoms in total. The van der Waals surface area contributed by atoms with Gasteiger partial charge in [-0.3, -0.25) is 9.36 Å². The van der Waals surface area contributed by atoms with E-state index in [4.69, 9.17) is 5.11 Å². The molecule has 0 aliphatic rings. The van der Waals surface area contributed by atoms with Crippen LogP contribution in [0.4, 0.5) is 0 Å². The van der Waals surface area contributed by atoms with Crippen molar-refractivity contribution < 1.29 is 5.11 Å². The molecule has 0 unspecified atom stereocenters. The summed E-state index contributed by atoms with van der Waals surface area (Å²) in [5.74, 6) is 0. The molecule has 1 rings (SSSR count). The van der Waals surface area contributed by atoms with E-state index in [2.05, 4.69) is 4.98 Å². The Morgan fingerprint density at radius 3 is 2.93 bits per heavy atom. The number of aryl methyl sites for hydroxylation is 2. The van der Waals surface area contributed by atoms with E-state index in [0.717, 1.165) is 18.5 Å². The summed E-state index contributed by atoms with van der Waals surface area (Å²) in [6.45, 7) is 2.62. The molecule has 0 fully saturated rings. The Labute approximate surface area is 96.1 Å². The second kappa shape index (κ2) is 5.45. The van der Waals surface area contributed by atoms with Crippen molar-refractivity contribution in [3.8, 4) is 0 Å². The summed E-state index contributed by atoms with van der Waals surface area (Å²) >= 11 is 2.01. The molecular weight excluding hydrogens is 295 g/mol. The Morgan fingerprint density at radius 1 is 1.57 bits per heavy atom. The third-order valence-electron chi connectivity index (χ3n) is 1.96. The van der Waals surface area contributed by atoms with Gasteiger partial charge in [0.2, 0.25) is 0 Å². The van der Waals surface area contributed by atoms with E-state index in [1.807, 2.05) is 29.5 Å². The first-order valence-corrected chi connectivity index (χ1v) is 5.57. The van der Waals surface area contributed by atoms with E-state index in [0.29, 0.717) is 10.1 Å². The maximum Gasteiger partial charge on any atom is 0.266 e. The van der Waals surface area contributed by atoms with Crippen LogP contribution in [-0.2, 0) is 6.54 Å². The van der Waals surface area contributed by atoms with Gasteiger partial charge in [-0.15, -0.1) is 0 Å². The van der Waals surface area contributed by atoms with E-state index < -0.39 is 0 Å². The van der Waals surface area contributed by atoms with E-state index in [9.17, 15) is 4.79 Å². The van der Waals surface area contributed by atoms with Gasteiger partial charge in [-0.25, -0.2) is 4.98 Å². The van der Waals surface area contributed by atoms with Crippen LogP contribution in [-0.4, -0.2) is 21.3 Å². The lowest BCUT2D eigenvalue weighted by Gasteiger charge is -2.05. The van der Waals surface area contributed by atoms with Gasteiger partial charge in [0.05, 0.1) is 15.6 Å². The van der Waals surface area contributed by atoms with E-state index in [-0.39, 0.29) is 12.2 Å². The van der Waals surface area contributed by atoms with Crippen LogP contribution in [0.1, 0.15) is 18.5 Å². The molecule has 0 spiro atoms. The molecule has 1 heterocycles. The summed E-state index contributed by atoms with van der Waals surface area (Å²) in [6, 6.07) is 0. The van der Waals surface area contributed by atoms with E-state index in [1.165, 1.54) is 0 Å². The molecule has 0 radical (unpaired) electrons. The summed E-state index contributed by atoms with van der Waals surface area (Å²) in [6.07, 6.45) is 3.09. The minimum absolute atomic E-state index is 0.0102. The number of aromatic nitrogens is 2. The van der Waals surface area contributed by atoms with Gasteiger partial charge >= 0.3 is 0 Å². The van der Waals surface area contributed by atoms with Crippen molar-refractivity contribution in [3.63, 3.8) is 0 Å². The van der Waals surface area contributed by atoms with Crippen LogP contribution in [0.3, 0.4) is 0 Å². The first-order chi connectivity index (χ1) is 6.66. The van der Waals surface area contributed by atoms with Crippen molar-refractivity contribution in [2.45, 2.75) is 26.3 Å². The number of rotatable bonds is 4. The highest BCUT2D eigenvalue weighted by atomic mass is 127. The Kier molecular flexibility index (Phi) is 4.53. The number of aliphatic hydroxyl groups excluding tert-OH is 1. The topological polar surface area (TPSA) is 55.1 Å². The van der Waals surface area contributed by atoms with E-state index >= 15 is 0 Å². The first kappa shape index (κ1) is 11.6. The van der Waals surface area contributed by atoms with Gasteiger partial charge in [-0.1, -0.05) is 0 Å². The minimum Gasteiger partial charge on any atom is -0.396 e. The molecular formula is C9H13IN2O2. The molecule has 0 saturated heterocycles. The van der Waals surface area contributed by atoms with Crippen LogP contribution >= 0.6 is 22.6 Å². The Balaban J connectivity index is 2.79. The van der Waals surface area contributed by atoms with Crippen molar-refractivity contribution >= 4 is 22.6 Å². The third kappa shape index (κ3) is 2.78. The van der Waals surface area contributed by atoms with Gasteiger partial charge in [0.25, 0.3) is 5.56 Å². The lowest BCUT2D eigenvalue weighted by Crippen LogP contribution is -2.24. The zero-order chi connectivity index (χ0) is 10.6. The maximum atomic E-state index is 11.6. The van der Waals surface area contributed by atoms with Gasteiger partial charge in [0.1, 0.15) is 0 Å². The molecule has 0 aliphatic heterocycles. The standard InChI is InChI=1S/C9H13IN2O2/c1-7-8(10)9(14)12(6-11-7)4-2-3-5-13/h6,13H,2-5H2,1H3. The van der Waals surface area contributed by atoms with Crippen molar-refractivity contribution in [2.75, 3.05) is 6.61 Å². The number of hydrogen-bond donors (Lipinski definition) is 1. The lowest BCUT2D eigenvalue weighted by molar-refractivity contribution is 0.281. The lowest BCUT2D eigenvalue weighted by atomic mass is 10.3. The van der Waals surface area contributed by atoms with Crippen LogP contribution < -0.4 is 5.56 Å². The smallest absolute Gasteiger partial charge is 0.266 e. The van der Waals surface area contributed by atoms with Crippen LogP contribution in [0, 0.1) is 10.5 Å². The SMILES string of the molecule is Cc1ncn(CCCCO)c(=O)c1I. The van der Waals surface area contributed by atoms with Crippen molar-refractivity contribution in [1.29, 1.82) is 0 Å². The van der Waals surface area contributed by atoms with Crippen molar-refractivity contribution in [3.05, 3.63) is 25.9 Å². The number of nitrogens with zero attached hydrogens (tertiary/aromatic N) is 2. The fourth-order valence-electron chi connectivity index (χ4n) is 1.10. The highest BCUT2D eigenvalue weighted by Gasteiger charge is 2.04. The molecule has 1 aromatic rings. The summed E-state index contributed by atoms with van der Waals surface area (Å²) in [5.41, 5.74) is 0.782. The number of hydrogen-bond acceptors (Lipinski definition) is 3. The van der Waals surface area contributed by atoms with Gasteiger partial charge in [-0.05, 0) is 42.4 Å². The fourth-order valence-corrected chi connectivity index (χ4v) is 1.55. The molecule has 0 saturated carbocycles. The van der Waals surface area contributed by atoms with Crippen LogP contribution in [0.15, 0.2) is 11.1 Å². The van der Waals surface area contributed by atoms with Gasteiger partial charge in [0, 0.05) is 13.2 Å². The zero-order valence-electron chi connectivity index (χ0n) is 8.03. The fraction of sp³-hybridized carbons (Fsp3) is 0.556. The largest absolute Gasteiger partial charge is 0.396 e. The predicted molar refractivity (Wildman–Crippen MR) is 62.3 cm³/mol. The van der Waals surface area contributed by atoms with Gasteiger partial charge in [-0.2, -0.15) is 0 Å². The second-order valence-corrected chi connectivity index (χ2v) is 4.15. The first-order valence-electron chi connectivity index (χ1n) is 4.49. The summed E-state index contributed by atoms with van der Waals surface area (Å²) in [4.78, 5) is 15.7. The van der Waals surface area contributed by atoms with Crippen molar-refractivity contribution in [1.82, 2.24) is 9.55 Å². The number of halogens is 1. The molecule has 5 heteroatoms. The summed E-state index contributed by atoms with van der Waals surface area (Å²) in [5, 5.41) is 8.61. The van der Waals surface area contributed by atoms with Crippen LogP contribution in [0.25, 0.3) is 0 Å². The average molecular weight is 308 g/mol. The highest BCUT2D eigenvalue weighted by molar-refractivity contribution is 14.1. The molecule has 0 bridgehead atoms. The average Bonchev–Trinajstić information content (AvgIpc) is 2.18. The zero-order valence-corrected chi connectivity index (χ0v) is 10.2. The Bertz CT molecular complexity index is 362. The third-order valence-corrected chi connectivity index (χ3v) is 3.21. The van der Waals surface area contributed by atoms with E-state index in [1.54, 1.807) is 10.9 Å². The van der Waals surface area contributed by atoms with Crippen molar-refractivity contribution in [2.24, 2.45) is 0 Å². The van der Waals surface area contributed by atoms with Gasteiger partial charge < -0.3 is 5.11 Å². The molecule has 0 aromatic carbocycles.